The molecule has 2 rings (SSSR count). The van der Waals surface area contributed by atoms with Crippen molar-refractivity contribution in [2.24, 2.45) is 4.99 Å². The molecule has 2 aromatic rings. The smallest absolute Gasteiger partial charge is 0.216 e. The number of halogens is 1. The van der Waals surface area contributed by atoms with Gasteiger partial charge in [0.2, 0.25) is 5.89 Å². The number of nitrogens with one attached hydrogen (secondary N) is 2. The molecule has 0 aliphatic rings. The van der Waals surface area contributed by atoms with Crippen LogP contribution in [-0.2, 0) is 24.8 Å². The van der Waals surface area contributed by atoms with Crippen molar-refractivity contribution in [3.63, 3.8) is 0 Å². The molecule has 6 nitrogen and oxygen atoms in total. The largest absolute Gasteiger partial charge is 0.443 e. The summed E-state index contributed by atoms with van der Waals surface area (Å²) in [6, 6.07) is 0. The number of hydrogen-bond donors (Lipinski definition) is 2. The van der Waals surface area contributed by atoms with Gasteiger partial charge in [-0.3, -0.25) is 0 Å². The van der Waals surface area contributed by atoms with Crippen LogP contribution < -0.4 is 10.6 Å². The molecule has 0 aromatic carbocycles. The van der Waals surface area contributed by atoms with E-state index in [2.05, 4.69) is 58.7 Å². The summed E-state index contributed by atoms with van der Waals surface area (Å²) in [7, 11) is 0. The van der Waals surface area contributed by atoms with Gasteiger partial charge >= 0.3 is 0 Å². The maximum absolute atomic E-state index is 5.78. The van der Waals surface area contributed by atoms with E-state index in [9.17, 15) is 0 Å². The maximum Gasteiger partial charge on any atom is 0.216 e. The Kier molecular flexibility index (Phi) is 9.56. The Morgan fingerprint density at radius 2 is 2.04 bits per heavy atom. The first-order valence-electron chi connectivity index (χ1n) is 8.83. The predicted octanol–water partition coefficient (Wildman–Crippen LogP) is 3.91. The van der Waals surface area contributed by atoms with Crippen LogP contribution in [0.25, 0.3) is 0 Å². The van der Waals surface area contributed by atoms with Gasteiger partial charge in [0.25, 0.3) is 0 Å². The number of guanidine groups is 1. The first kappa shape index (κ1) is 22.9. The first-order valence-corrected chi connectivity index (χ1v) is 9.71. The van der Waals surface area contributed by atoms with Crippen LogP contribution in [0, 0.1) is 0 Å². The van der Waals surface area contributed by atoms with Crippen LogP contribution in [-0.4, -0.2) is 29.0 Å². The van der Waals surface area contributed by atoms with Gasteiger partial charge in [0, 0.05) is 30.3 Å². The van der Waals surface area contributed by atoms with Gasteiger partial charge < -0.3 is 15.1 Å². The highest BCUT2D eigenvalue weighted by Crippen LogP contribution is 2.22. The number of aromatic nitrogens is 2. The molecule has 0 spiro atoms. The molecule has 0 aliphatic heterocycles. The highest BCUT2D eigenvalue weighted by atomic mass is 127. The topological polar surface area (TPSA) is 75.3 Å². The van der Waals surface area contributed by atoms with E-state index in [1.807, 2.05) is 6.92 Å². The summed E-state index contributed by atoms with van der Waals surface area (Å²) in [6.07, 6.45) is 3.67. The molecule has 2 N–H and O–H groups in total. The van der Waals surface area contributed by atoms with Crippen molar-refractivity contribution in [3.05, 3.63) is 33.9 Å². The highest BCUT2D eigenvalue weighted by molar-refractivity contribution is 14.0. The predicted molar refractivity (Wildman–Crippen MR) is 119 cm³/mol. The Labute approximate surface area is 177 Å². The van der Waals surface area contributed by atoms with Crippen LogP contribution in [0.2, 0.25) is 0 Å². The summed E-state index contributed by atoms with van der Waals surface area (Å²) in [6.45, 7) is 12.5. The lowest BCUT2D eigenvalue weighted by atomic mass is 9.94. The minimum atomic E-state index is -0.0391. The number of aliphatic imine (C=N–C) groups is 1. The maximum atomic E-state index is 5.78. The molecule has 0 bridgehead atoms. The Bertz CT molecular complexity index is 690. The number of oxazole rings is 1. The second kappa shape index (κ2) is 10.9. The van der Waals surface area contributed by atoms with Crippen LogP contribution in [0.4, 0.5) is 0 Å². The average molecular weight is 491 g/mol. The molecule has 0 aliphatic carbocycles. The van der Waals surface area contributed by atoms with Gasteiger partial charge in [-0.15, -0.1) is 35.3 Å². The zero-order valence-corrected chi connectivity index (χ0v) is 19.4. The van der Waals surface area contributed by atoms with E-state index in [1.165, 1.54) is 5.01 Å². The summed E-state index contributed by atoms with van der Waals surface area (Å²) in [5, 5.41) is 9.90. The lowest BCUT2D eigenvalue weighted by Crippen LogP contribution is -2.38. The third-order valence-corrected chi connectivity index (χ3v) is 4.63. The van der Waals surface area contributed by atoms with Gasteiger partial charge in [0.1, 0.15) is 12.3 Å². The van der Waals surface area contributed by atoms with E-state index < -0.39 is 0 Å². The standard InChI is InChI=1S/C18H29N5OS.HI/c1-6-16-23-13(12-25-16)8-9-20-17(19-7-2)22-11-15-21-10-14(24-15)18(3,4)5;/h10,12H,6-9,11H2,1-5H3,(H2,19,20,22);1H. The monoisotopic (exact) mass is 491 g/mol. The van der Waals surface area contributed by atoms with Crippen molar-refractivity contribution in [1.29, 1.82) is 0 Å². The summed E-state index contributed by atoms with van der Waals surface area (Å²) in [4.78, 5) is 13.5. The summed E-state index contributed by atoms with van der Waals surface area (Å²) in [5.41, 5.74) is 1.09. The lowest BCUT2D eigenvalue weighted by Gasteiger charge is -2.13. The fourth-order valence-corrected chi connectivity index (χ4v) is 2.93. The number of nitrogens with zero attached hydrogens (tertiary/aromatic N) is 3. The fraction of sp³-hybridized carbons (Fsp3) is 0.611. The number of thiazole rings is 1. The highest BCUT2D eigenvalue weighted by Gasteiger charge is 2.19. The molecule has 0 saturated heterocycles. The Balaban J connectivity index is 0.00000338. The van der Waals surface area contributed by atoms with E-state index in [0.717, 1.165) is 43.3 Å². The molecular formula is C18H30IN5OS. The molecule has 2 aromatic heterocycles. The Hall–Kier alpha value is -1.16. The number of aryl methyl sites for hydroxylation is 1. The average Bonchev–Trinajstić information content (AvgIpc) is 3.21. The van der Waals surface area contributed by atoms with Gasteiger partial charge in [-0.05, 0) is 13.3 Å². The van der Waals surface area contributed by atoms with Crippen molar-refractivity contribution < 1.29 is 4.42 Å². The zero-order valence-electron chi connectivity index (χ0n) is 16.3. The molecule has 8 heteroatoms. The third kappa shape index (κ3) is 7.22. The van der Waals surface area contributed by atoms with Gasteiger partial charge in [-0.1, -0.05) is 27.7 Å². The molecule has 2 heterocycles. The van der Waals surface area contributed by atoms with E-state index in [1.54, 1.807) is 17.5 Å². The van der Waals surface area contributed by atoms with Crippen molar-refractivity contribution in [3.8, 4) is 0 Å². The minimum Gasteiger partial charge on any atom is -0.443 e. The molecule has 0 atom stereocenters. The van der Waals surface area contributed by atoms with Crippen LogP contribution in [0.5, 0.6) is 0 Å². The molecule has 0 fully saturated rings. The van der Waals surface area contributed by atoms with Crippen LogP contribution in [0.15, 0.2) is 21.0 Å². The molecule has 0 amide bonds. The zero-order chi connectivity index (χ0) is 18.3. The molecule has 0 saturated carbocycles. The van der Waals surface area contributed by atoms with Crippen molar-refractivity contribution in [2.45, 2.75) is 59.4 Å². The normalized spacial score (nSPS) is 12.0. The van der Waals surface area contributed by atoms with Crippen molar-refractivity contribution in [2.75, 3.05) is 13.1 Å². The van der Waals surface area contributed by atoms with Gasteiger partial charge in [-0.25, -0.2) is 15.0 Å². The summed E-state index contributed by atoms with van der Waals surface area (Å²) < 4.78 is 5.78. The quantitative estimate of drug-likeness (QED) is 0.349. The van der Waals surface area contributed by atoms with E-state index in [4.69, 9.17) is 4.42 Å². The Morgan fingerprint density at radius 1 is 1.27 bits per heavy atom. The minimum absolute atomic E-state index is 0. The lowest BCUT2D eigenvalue weighted by molar-refractivity contribution is 0.383. The van der Waals surface area contributed by atoms with Crippen LogP contribution in [0.1, 0.15) is 57.0 Å². The van der Waals surface area contributed by atoms with Gasteiger partial charge in [0.15, 0.2) is 5.96 Å². The van der Waals surface area contributed by atoms with E-state index >= 15 is 0 Å². The summed E-state index contributed by atoms with van der Waals surface area (Å²) >= 11 is 1.72. The van der Waals surface area contributed by atoms with Crippen LogP contribution >= 0.6 is 35.3 Å². The fourth-order valence-electron chi connectivity index (χ4n) is 2.15. The number of rotatable bonds is 7. The molecule has 0 radical (unpaired) electrons. The molecule has 26 heavy (non-hydrogen) atoms. The van der Waals surface area contributed by atoms with E-state index in [-0.39, 0.29) is 29.4 Å². The van der Waals surface area contributed by atoms with E-state index in [0.29, 0.717) is 12.4 Å². The second-order valence-corrected chi connectivity index (χ2v) is 7.77. The van der Waals surface area contributed by atoms with Crippen molar-refractivity contribution >= 4 is 41.3 Å². The SMILES string of the molecule is CCNC(=NCc1ncc(C(C)(C)C)o1)NCCc1csc(CC)n1.I. The van der Waals surface area contributed by atoms with Gasteiger partial charge in [-0.2, -0.15) is 0 Å². The van der Waals surface area contributed by atoms with Gasteiger partial charge in [0.05, 0.1) is 16.9 Å². The number of hydrogen-bond acceptors (Lipinski definition) is 5. The first-order chi connectivity index (χ1) is 11.9. The van der Waals surface area contributed by atoms with Crippen molar-refractivity contribution in [1.82, 2.24) is 20.6 Å². The molecule has 0 unspecified atom stereocenters. The Morgan fingerprint density at radius 3 is 2.62 bits per heavy atom. The van der Waals surface area contributed by atoms with Crippen LogP contribution in [0.3, 0.4) is 0 Å². The third-order valence-electron chi connectivity index (χ3n) is 3.58. The molecule has 146 valence electrons. The summed E-state index contributed by atoms with van der Waals surface area (Å²) in [5.74, 6) is 2.28. The second-order valence-electron chi connectivity index (χ2n) is 6.83. The molecular weight excluding hydrogens is 461 g/mol.